The maximum absolute atomic E-state index is 13.6. The summed E-state index contributed by atoms with van der Waals surface area (Å²) < 4.78 is 11.0. The minimum atomic E-state index is -1.38. The first-order valence-corrected chi connectivity index (χ1v) is 12.1. The number of fused-ring (bicyclic) bond motifs is 1. The fraction of sp³-hybridized carbons (Fsp3) is 0.480. The van der Waals surface area contributed by atoms with Crippen LogP contribution in [-0.2, 0) is 22.4 Å². The lowest BCUT2D eigenvalue weighted by Crippen LogP contribution is -2.67. The van der Waals surface area contributed by atoms with Crippen LogP contribution in [0.1, 0.15) is 33.8 Å². The van der Waals surface area contributed by atoms with Crippen molar-refractivity contribution in [2.24, 2.45) is 5.41 Å². The van der Waals surface area contributed by atoms with Crippen molar-refractivity contribution in [1.82, 2.24) is 14.7 Å². The summed E-state index contributed by atoms with van der Waals surface area (Å²) in [6.07, 6.45) is 1.01. The Morgan fingerprint density at radius 3 is 2.21 bits per heavy atom. The van der Waals surface area contributed by atoms with Crippen LogP contribution in [0.2, 0.25) is 0 Å². The SMILES string of the molecule is COc1cc2c(cc1OC)[C@H](C)N(CC1(Cc3ccc(C)s3)C(=O)N(C)C(=O)N(C)C1=O)CC2. The largest absolute Gasteiger partial charge is 0.493 e. The number of nitrogens with zero attached hydrogens (tertiary/aromatic N) is 3. The molecule has 1 aromatic carbocycles. The molecule has 1 aromatic heterocycles. The maximum Gasteiger partial charge on any atom is 0.332 e. The van der Waals surface area contributed by atoms with E-state index in [4.69, 9.17) is 9.47 Å². The Kier molecular flexibility index (Phi) is 6.44. The van der Waals surface area contributed by atoms with Gasteiger partial charge in [-0.1, -0.05) is 0 Å². The van der Waals surface area contributed by atoms with E-state index in [1.165, 1.54) is 14.1 Å². The van der Waals surface area contributed by atoms with Gasteiger partial charge in [0.05, 0.1) is 14.2 Å². The first-order chi connectivity index (χ1) is 16.1. The molecule has 1 fully saturated rings. The fourth-order valence-corrected chi connectivity index (χ4v) is 6.12. The molecule has 0 unspecified atom stereocenters. The van der Waals surface area contributed by atoms with Crippen molar-refractivity contribution < 1.29 is 23.9 Å². The highest BCUT2D eigenvalue weighted by Crippen LogP contribution is 2.41. The van der Waals surface area contributed by atoms with Crippen LogP contribution >= 0.6 is 11.3 Å². The molecule has 182 valence electrons. The second-order valence-electron chi connectivity index (χ2n) is 9.08. The Bertz CT molecular complexity index is 1120. The first kappa shape index (κ1) is 24.2. The summed E-state index contributed by atoms with van der Waals surface area (Å²) in [5.41, 5.74) is 0.867. The van der Waals surface area contributed by atoms with E-state index >= 15 is 0 Å². The maximum atomic E-state index is 13.6. The summed E-state index contributed by atoms with van der Waals surface area (Å²) in [5, 5.41) is 0. The van der Waals surface area contributed by atoms with Gasteiger partial charge >= 0.3 is 6.03 Å². The average Bonchev–Trinajstić information content (AvgIpc) is 3.25. The normalized spacial score (nSPS) is 20.5. The molecule has 2 aromatic rings. The van der Waals surface area contributed by atoms with Crippen LogP contribution in [0.4, 0.5) is 4.79 Å². The van der Waals surface area contributed by atoms with Gasteiger partial charge in [0, 0.05) is 49.4 Å². The minimum absolute atomic E-state index is 0.0562. The van der Waals surface area contributed by atoms with Crippen LogP contribution in [0.5, 0.6) is 11.5 Å². The highest BCUT2D eigenvalue weighted by atomic mass is 32.1. The number of carbonyl (C=O) groups excluding carboxylic acids is 3. The molecule has 1 atom stereocenters. The zero-order chi connectivity index (χ0) is 24.8. The van der Waals surface area contributed by atoms with Gasteiger partial charge in [-0.25, -0.2) is 4.79 Å². The van der Waals surface area contributed by atoms with Crippen molar-refractivity contribution in [2.75, 3.05) is 41.4 Å². The lowest BCUT2D eigenvalue weighted by atomic mass is 9.77. The molecule has 34 heavy (non-hydrogen) atoms. The van der Waals surface area contributed by atoms with E-state index in [1.54, 1.807) is 25.6 Å². The van der Waals surface area contributed by atoms with E-state index in [0.29, 0.717) is 18.0 Å². The number of aryl methyl sites for hydroxylation is 1. The number of urea groups is 1. The van der Waals surface area contributed by atoms with E-state index in [2.05, 4.69) is 11.8 Å². The number of amides is 4. The molecule has 0 radical (unpaired) electrons. The molecule has 4 amide bonds. The third-order valence-corrected chi connectivity index (χ3v) is 8.06. The second kappa shape index (κ2) is 9.03. The Hall–Kier alpha value is -2.91. The zero-order valence-corrected chi connectivity index (χ0v) is 21.3. The Balaban J connectivity index is 1.73. The number of hydrogen-bond donors (Lipinski definition) is 0. The van der Waals surface area contributed by atoms with E-state index in [1.807, 2.05) is 31.2 Å². The molecular formula is C25H31N3O5S. The number of carbonyl (C=O) groups is 3. The number of thiophene rings is 1. The van der Waals surface area contributed by atoms with Gasteiger partial charge in [-0.15, -0.1) is 11.3 Å². The summed E-state index contributed by atoms with van der Waals surface area (Å²) in [5.74, 6) is 0.438. The van der Waals surface area contributed by atoms with Crippen molar-refractivity contribution in [2.45, 2.75) is 32.7 Å². The summed E-state index contributed by atoms with van der Waals surface area (Å²) in [6, 6.07) is 7.28. The summed E-state index contributed by atoms with van der Waals surface area (Å²) in [7, 11) is 6.13. The van der Waals surface area contributed by atoms with Crippen molar-refractivity contribution in [3.8, 4) is 11.5 Å². The van der Waals surface area contributed by atoms with Crippen LogP contribution < -0.4 is 9.47 Å². The minimum Gasteiger partial charge on any atom is -0.493 e. The van der Waals surface area contributed by atoms with Gasteiger partial charge in [-0.2, -0.15) is 0 Å². The topological polar surface area (TPSA) is 79.4 Å². The number of rotatable bonds is 6. The smallest absolute Gasteiger partial charge is 0.332 e. The zero-order valence-electron chi connectivity index (χ0n) is 20.5. The molecule has 0 bridgehead atoms. The van der Waals surface area contributed by atoms with E-state index in [-0.39, 0.29) is 19.0 Å². The molecule has 2 aliphatic rings. The summed E-state index contributed by atoms with van der Waals surface area (Å²) >= 11 is 1.57. The quantitative estimate of drug-likeness (QED) is 0.585. The number of imide groups is 2. The first-order valence-electron chi connectivity index (χ1n) is 11.3. The van der Waals surface area contributed by atoms with Gasteiger partial charge in [-0.05, 0) is 55.7 Å². The summed E-state index contributed by atoms with van der Waals surface area (Å²) in [4.78, 5) is 46.2. The lowest BCUT2D eigenvalue weighted by Gasteiger charge is -2.46. The highest BCUT2D eigenvalue weighted by molar-refractivity contribution is 7.11. The Labute approximate surface area is 204 Å². The Morgan fingerprint density at radius 2 is 1.65 bits per heavy atom. The van der Waals surface area contributed by atoms with E-state index in [9.17, 15) is 14.4 Å². The number of benzene rings is 1. The van der Waals surface area contributed by atoms with Crippen LogP contribution in [-0.4, -0.2) is 73.9 Å². The molecule has 9 heteroatoms. The van der Waals surface area contributed by atoms with Crippen molar-refractivity contribution in [1.29, 1.82) is 0 Å². The average molecular weight is 486 g/mol. The van der Waals surface area contributed by atoms with Gasteiger partial charge in [0.2, 0.25) is 11.8 Å². The molecule has 1 saturated heterocycles. The van der Waals surface area contributed by atoms with Crippen LogP contribution in [0.15, 0.2) is 24.3 Å². The fourth-order valence-electron chi connectivity index (χ4n) is 5.11. The van der Waals surface area contributed by atoms with Crippen LogP contribution in [0, 0.1) is 12.3 Å². The summed E-state index contributed by atoms with van der Waals surface area (Å²) in [6.45, 7) is 4.97. The number of hydrogen-bond acceptors (Lipinski definition) is 7. The molecule has 0 N–H and O–H groups in total. The van der Waals surface area contributed by atoms with E-state index < -0.39 is 23.3 Å². The monoisotopic (exact) mass is 485 g/mol. The predicted octanol–water partition coefficient (Wildman–Crippen LogP) is 3.27. The van der Waals surface area contributed by atoms with Crippen LogP contribution in [0.3, 0.4) is 0 Å². The van der Waals surface area contributed by atoms with Crippen molar-refractivity contribution >= 4 is 29.2 Å². The second-order valence-corrected chi connectivity index (χ2v) is 10.5. The van der Waals surface area contributed by atoms with Crippen molar-refractivity contribution in [3.05, 3.63) is 45.1 Å². The van der Waals surface area contributed by atoms with Gasteiger partial charge in [0.15, 0.2) is 11.5 Å². The molecule has 2 aliphatic heterocycles. The third kappa shape index (κ3) is 3.86. The van der Waals surface area contributed by atoms with Crippen LogP contribution in [0.25, 0.3) is 0 Å². The standard InChI is InChI=1S/C25H31N3O5S/c1-15-7-8-18(34-15)13-25(22(29)26(3)24(31)27(4)23(25)30)14-28-10-9-17-11-20(32-5)21(33-6)12-19(17)16(28)2/h7-8,11-12,16H,9-10,13-14H2,1-6H3/t16-/m0/s1. The lowest BCUT2D eigenvalue weighted by molar-refractivity contribution is -0.159. The van der Waals surface area contributed by atoms with Gasteiger partial charge in [0.25, 0.3) is 0 Å². The third-order valence-electron chi connectivity index (χ3n) is 7.06. The molecule has 8 nitrogen and oxygen atoms in total. The molecule has 4 rings (SSSR count). The Morgan fingerprint density at radius 1 is 1.03 bits per heavy atom. The predicted molar refractivity (Wildman–Crippen MR) is 129 cm³/mol. The van der Waals surface area contributed by atoms with Crippen molar-refractivity contribution in [3.63, 3.8) is 0 Å². The van der Waals surface area contributed by atoms with Gasteiger partial charge in [0.1, 0.15) is 5.41 Å². The number of methoxy groups -OCH3 is 2. The molecule has 0 spiro atoms. The molecule has 3 heterocycles. The van der Waals surface area contributed by atoms with Gasteiger partial charge in [-0.3, -0.25) is 24.3 Å². The van der Waals surface area contributed by atoms with Gasteiger partial charge < -0.3 is 9.47 Å². The molecule has 0 saturated carbocycles. The highest BCUT2D eigenvalue weighted by Gasteiger charge is 2.56. The number of barbiturate groups is 1. The van der Waals surface area contributed by atoms with E-state index in [0.717, 1.165) is 37.1 Å². The number of ether oxygens (including phenoxy) is 2. The molecule has 0 aliphatic carbocycles. The molecular weight excluding hydrogens is 454 g/mol.